The molecular formula is C41H48F3N9O5. The smallest absolute Gasteiger partial charge is 0.434 e. The van der Waals surface area contributed by atoms with Crippen LogP contribution < -0.4 is 25.2 Å². The van der Waals surface area contributed by atoms with E-state index in [1.54, 1.807) is 40.4 Å². The number of aliphatic carboxylic acids is 1. The molecule has 1 spiro atoms. The third kappa shape index (κ3) is 6.63. The van der Waals surface area contributed by atoms with E-state index in [1.807, 2.05) is 13.0 Å². The molecule has 0 radical (unpaired) electrons. The number of likely N-dealkylation sites (tertiary alicyclic amines) is 1. The zero-order valence-electron chi connectivity index (χ0n) is 32.4. The highest BCUT2D eigenvalue weighted by molar-refractivity contribution is 5.99. The number of ether oxygens (including phenoxy) is 1. The zero-order valence-corrected chi connectivity index (χ0v) is 32.4. The van der Waals surface area contributed by atoms with Crippen molar-refractivity contribution in [3.63, 3.8) is 0 Å². The van der Waals surface area contributed by atoms with Crippen molar-refractivity contribution in [1.82, 2.24) is 35.5 Å². The molecule has 3 N–H and O–H groups in total. The van der Waals surface area contributed by atoms with Crippen LogP contribution in [0.25, 0.3) is 0 Å². The molecule has 2 saturated heterocycles. The Hall–Kier alpha value is -5.22. The summed E-state index contributed by atoms with van der Waals surface area (Å²) in [4.78, 5) is 62.6. The lowest BCUT2D eigenvalue weighted by Gasteiger charge is -2.50. The molecule has 58 heavy (non-hydrogen) atoms. The SMILES string of the molecule is CCNC(=O)N1CCC2(C1)CN(c1ncc(C(=O)NC3(C(=O)O)C4CCC5CC(C4)CC3C5)c(C(F)(F)F)n1)c1ccc(OC3CCN(c4ncccn4)CC3)cc12. The molecule has 7 aliphatic rings. The van der Waals surface area contributed by atoms with Gasteiger partial charge in [-0.15, -0.1) is 0 Å². The minimum atomic E-state index is -5.05. The Kier molecular flexibility index (Phi) is 9.61. The molecule has 4 saturated carbocycles. The molecule has 3 amide bonds. The van der Waals surface area contributed by atoms with Crippen molar-refractivity contribution in [1.29, 1.82) is 0 Å². The average molecular weight is 804 g/mol. The van der Waals surface area contributed by atoms with Gasteiger partial charge in [-0.25, -0.2) is 29.5 Å². The molecule has 1 aromatic carbocycles. The van der Waals surface area contributed by atoms with Gasteiger partial charge in [0.1, 0.15) is 17.4 Å². The quantitative estimate of drug-likeness (QED) is 0.261. The third-order valence-electron chi connectivity index (χ3n) is 13.8. The lowest BCUT2D eigenvalue weighted by Crippen LogP contribution is -2.66. The summed E-state index contributed by atoms with van der Waals surface area (Å²) in [5.74, 6) is -1.30. The Bertz CT molecular complexity index is 2080. The van der Waals surface area contributed by atoms with Crippen LogP contribution in [0.15, 0.2) is 42.9 Å². The number of halogens is 3. The molecule has 17 heteroatoms. The number of hydrogen-bond acceptors (Lipinski definition) is 10. The van der Waals surface area contributed by atoms with E-state index in [-0.39, 0.29) is 36.5 Å². The minimum Gasteiger partial charge on any atom is -0.490 e. The van der Waals surface area contributed by atoms with Crippen molar-refractivity contribution in [3.05, 3.63) is 59.7 Å². The van der Waals surface area contributed by atoms with Gasteiger partial charge in [-0.2, -0.15) is 13.2 Å². The van der Waals surface area contributed by atoms with Crippen molar-refractivity contribution < 1.29 is 37.4 Å². The second-order valence-electron chi connectivity index (χ2n) is 17.1. The minimum absolute atomic E-state index is 0.0817. The van der Waals surface area contributed by atoms with Gasteiger partial charge in [-0.3, -0.25) is 4.79 Å². The van der Waals surface area contributed by atoms with Crippen molar-refractivity contribution >= 4 is 35.5 Å². The number of benzene rings is 1. The van der Waals surface area contributed by atoms with E-state index in [0.29, 0.717) is 94.0 Å². The third-order valence-corrected chi connectivity index (χ3v) is 13.8. The maximum atomic E-state index is 15.0. The van der Waals surface area contributed by atoms with Gasteiger partial charge in [0.05, 0.1) is 5.56 Å². The number of fused-ring (bicyclic) bond motifs is 3. The number of aromatic nitrogens is 4. The van der Waals surface area contributed by atoms with Gasteiger partial charge in [0.25, 0.3) is 5.91 Å². The van der Waals surface area contributed by atoms with Crippen molar-refractivity contribution in [2.75, 3.05) is 49.1 Å². The molecule has 10 rings (SSSR count). The Labute approximate surface area is 334 Å². The molecule has 14 nitrogen and oxygen atoms in total. The Balaban J connectivity index is 1.01. The molecular weight excluding hydrogens is 756 g/mol. The molecule has 4 bridgehead atoms. The molecule has 3 aliphatic heterocycles. The number of carboxylic acid groups (broad SMARTS) is 1. The number of anilines is 3. The second-order valence-corrected chi connectivity index (χ2v) is 17.1. The number of carboxylic acids is 1. The lowest BCUT2D eigenvalue weighted by atomic mass is 9.58. The number of carbonyl (C=O) groups is 3. The average Bonchev–Trinajstić information content (AvgIpc) is 3.72. The highest BCUT2D eigenvalue weighted by Crippen LogP contribution is 2.56. The molecule has 5 heterocycles. The maximum Gasteiger partial charge on any atom is 0.434 e. The van der Waals surface area contributed by atoms with Crippen molar-refractivity contribution in [2.45, 2.75) is 87.9 Å². The topological polar surface area (TPSA) is 166 Å². The maximum absolute atomic E-state index is 15.0. The van der Waals surface area contributed by atoms with E-state index >= 15 is 0 Å². The lowest BCUT2D eigenvalue weighted by molar-refractivity contribution is -0.154. The zero-order chi connectivity index (χ0) is 40.4. The fourth-order valence-electron chi connectivity index (χ4n) is 11.2. The van der Waals surface area contributed by atoms with Gasteiger partial charge in [0, 0.05) is 81.8 Å². The van der Waals surface area contributed by atoms with E-state index in [1.165, 1.54) is 0 Å². The van der Waals surface area contributed by atoms with Crippen LogP contribution in [0.1, 0.15) is 86.3 Å². The van der Waals surface area contributed by atoms with Gasteiger partial charge in [-0.05, 0) is 98.9 Å². The summed E-state index contributed by atoms with van der Waals surface area (Å²) in [6.45, 7) is 4.65. The number of urea groups is 1. The molecule has 6 atom stereocenters. The van der Waals surface area contributed by atoms with Crippen LogP contribution >= 0.6 is 0 Å². The summed E-state index contributed by atoms with van der Waals surface area (Å²) in [6, 6.07) is 7.07. The Morgan fingerprint density at radius 3 is 2.43 bits per heavy atom. The molecule has 308 valence electrons. The molecule has 6 fully saturated rings. The highest BCUT2D eigenvalue weighted by atomic mass is 19.4. The van der Waals surface area contributed by atoms with Crippen LogP contribution in [0.2, 0.25) is 0 Å². The first-order chi connectivity index (χ1) is 27.9. The Morgan fingerprint density at radius 1 is 0.931 bits per heavy atom. The number of nitrogens with one attached hydrogen (secondary N) is 2. The van der Waals surface area contributed by atoms with Gasteiger partial charge >= 0.3 is 18.2 Å². The number of carbonyl (C=O) groups excluding carboxylic acids is 2. The number of hydrogen-bond donors (Lipinski definition) is 3. The van der Waals surface area contributed by atoms with Crippen LogP contribution in [0.3, 0.4) is 0 Å². The summed E-state index contributed by atoms with van der Waals surface area (Å²) < 4.78 is 51.4. The van der Waals surface area contributed by atoms with Crippen LogP contribution in [0.5, 0.6) is 5.75 Å². The van der Waals surface area contributed by atoms with E-state index in [0.717, 1.165) is 37.4 Å². The van der Waals surface area contributed by atoms with Gasteiger partial charge in [0.2, 0.25) is 11.9 Å². The summed E-state index contributed by atoms with van der Waals surface area (Å²) in [5.41, 5.74) is -3.17. The number of nitrogens with zero attached hydrogens (tertiary/aromatic N) is 7. The summed E-state index contributed by atoms with van der Waals surface area (Å²) in [7, 11) is 0. The van der Waals surface area contributed by atoms with Crippen LogP contribution in [0, 0.1) is 23.7 Å². The summed E-state index contributed by atoms with van der Waals surface area (Å²) >= 11 is 0. The number of rotatable bonds is 8. The Morgan fingerprint density at radius 2 is 1.69 bits per heavy atom. The number of alkyl halides is 3. The summed E-state index contributed by atoms with van der Waals surface area (Å²) in [5, 5.41) is 16.2. The molecule has 6 unspecified atom stereocenters. The van der Waals surface area contributed by atoms with E-state index < -0.39 is 40.3 Å². The predicted molar refractivity (Wildman–Crippen MR) is 205 cm³/mol. The van der Waals surface area contributed by atoms with Crippen molar-refractivity contribution in [2.24, 2.45) is 23.7 Å². The fourth-order valence-corrected chi connectivity index (χ4v) is 11.2. The van der Waals surface area contributed by atoms with Crippen LogP contribution in [-0.4, -0.2) is 98.8 Å². The molecule has 4 aliphatic carbocycles. The van der Waals surface area contributed by atoms with Crippen molar-refractivity contribution in [3.8, 4) is 5.75 Å². The van der Waals surface area contributed by atoms with Gasteiger partial charge in [-0.1, -0.05) is 6.42 Å². The van der Waals surface area contributed by atoms with Crippen LogP contribution in [0.4, 0.5) is 35.5 Å². The number of amides is 3. The van der Waals surface area contributed by atoms with E-state index in [2.05, 4.69) is 35.5 Å². The normalized spacial score (nSPS) is 29.1. The fraction of sp³-hybridized carbons (Fsp3) is 0.585. The first kappa shape index (κ1) is 38.3. The first-order valence-electron chi connectivity index (χ1n) is 20.5. The van der Waals surface area contributed by atoms with E-state index in [9.17, 15) is 32.7 Å². The predicted octanol–water partition coefficient (Wildman–Crippen LogP) is 5.56. The molecule has 3 aromatic rings. The van der Waals surface area contributed by atoms with E-state index in [4.69, 9.17) is 4.74 Å². The van der Waals surface area contributed by atoms with Crippen LogP contribution in [-0.2, 0) is 16.4 Å². The van der Waals surface area contributed by atoms with Gasteiger partial charge in [0.15, 0.2) is 5.69 Å². The molecule has 2 aromatic heterocycles. The summed E-state index contributed by atoms with van der Waals surface area (Å²) in [6.07, 6.45) is 5.57. The second kappa shape index (κ2) is 14.6. The number of piperidine rings is 1. The highest BCUT2D eigenvalue weighted by Gasteiger charge is 2.60. The first-order valence-corrected chi connectivity index (χ1v) is 20.5. The monoisotopic (exact) mass is 803 g/mol. The van der Waals surface area contributed by atoms with Gasteiger partial charge < -0.3 is 35.2 Å². The largest absolute Gasteiger partial charge is 0.490 e. The standard InChI is InChI=1S/C41H48F3N9O5/c1-2-45-38(57)52-15-10-39(22-52)23-53(32-7-6-29(20-31(32)39)58-28-8-13-51(14-9-28)36-46-11-3-12-47-36)37-48-21-30(33(49-37)41(42,43)44)34(54)50-40(35(55)56)26-5-4-24-16-25(18-26)19-27(40)17-24/h3,6-7,11-12,20-21,24-28H,2,4-5,8-10,13-19,22-23H2,1H3,(H,45,57)(H,50,54)(H,55,56).